The maximum absolute atomic E-state index is 11.7. The van der Waals surface area contributed by atoms with E-state index in [2.05, 4.69) is 30.3 Å². The summed E-state index contributed by atoms with van der Waals surface area (Å²) in [4.78, 5) is 13.4. The molecule has 4 heteroatoms. The third-order valence-corrected chi connectivity index (χ3v) is 4.56. The molecule has 0 unspecified atom stereocenters. The Labute approximate surface area is 151 Å². The Kier molecular flexibility index (Phi) is 7.06. The molecule has 0 saturated carbocycles. The van der Waals surface area contributed by atoms with Crippen LogP contribution in [-0.4, -0.2) is 24.1 Å². The molecule has 1 amide bonds. The van der Waals surface area contributed by atoms with Crippen LogP contribution >= 0.6 is 0 Å². The highest BCUT2D eigenvalue weighted by Gasteiger charge is 2.20. The first-order valence-electron chi connectivity index (χ1n) is 9.08. The van der Waals surface area contributed by atoms with Crippen molar-refractivity contribution in [1.82, 2.24) is 4.90 Å². The molecule has 1 heterocycles. The molecule has 1 aliphatic heterocycles. The van der Waals surface area contributed by atoms with Crippen molar-refractivity contribution in [2.24, 2.45) is 5.41 Å². The van der Waals surface area contributed by atoms with Crippen LogP contribution in [0, 0.1) is 16.7 Å². The normalized spacial score (nSPS) is 15.2. The molecule has 0 aliphatic carbocycles. The van der Waals surface area contributed by atoms with Crippen LogP contribution in [0.3, 0.4) is 0 Å². The lowest BCUT2D eigenvalue weighted by atomic mass is 9.88. The Bertz CT molecular complexity index is 629. The second kappa shape index (κ2) is 9.27. The van der Waals surface area contributed by atoms with Gasteiger partial charge in [0.15, 0.2) is 0 Å². The van der Waals surface area contributed by atoms with Crippen LogP contribution in [0.15, 0.2) is 42.1 Å². The minimum absolute atomic E-state index is 0.247. The number of carbonyl (C=O) groups excluding carboxylic acids is 1. The minimum Gasteiger partial charge on any atom is -0.447 e. The van der Waals surface area contributed by atoms with E-state index in [0.29, 0.717) is 13.2 Å². The average Bonchev–Trinajstić information content (AvgIpc) is 3.02. The van der Waals surface area contributed by atoms with Crippen molar-refractivity contribution >= 4 is 6.09 Å². The highest BCUT2D eigenvalue weighted by atomic mass is 16.6. The quantitative estimate of drug-likeness (QED) is 0.590. The predicted octanol–water partition coefficient (Wildman–Crippen LogP) is 5.07. The Morgan fingerprint density at radius 3 is 2.68 bits per heavy atom. The number of carbonyl (C=O) groups is 1. The first-order valence-corrected chi connectivity index (χ1v) is 9.08. The third kappa shape index (κ3) is 6.62. The fraction of sp³-hybridized carbons (Fsp3) is 0.524. The van der Waals surface area contributed by atoms with Crippen molar-refractivity contribution < 1.29 is 9.53 Å². The van der Waals surface area contributed by atoms with E-state index in [1.807, 2.05) is 26.1 Å². The van der Waals surface area contributed by atoms with Gasteiger partial charge in [0.2, 0.25) is 0 Å². The van der Waals surface area contributed by atoms with Crippen LogP contribution in [-0.2, 0) is 11.2 Å². The SMILES string of the molecule is CC(C)(C#N)CCCC/C(=C/N1CCOC1=O)CCc1ccccc1. The highest BCUT2D eigenvalue weighted by molar-refractivity contribution is 5.70. The van der Waals surface area contributed by atoms with E-state index in [1.165, 1.54) is 11.1 Å². The predicted molar refractivity (Wildman–Crippen MR) is 98.8 cm³/mol. The molecule has 0 radical (unpaired) electrons. The van der Waals surface area contributed by atoms with Crippen LogP contribution in [0.25, 0.3) is 0 Å². The number of allylic oxidation sites excluding steroid dienone is 1. The van der Waals surface area contributed by atoms with Gasteiger partial charge in [0.25, 0.3) is 0 Å². The second-order valence-electron chi connectivity index (χ2n) is 7.28. The van der Waals surface area contributed by atoms with Gasteiger partial charge in [-0.2, -0.15) is 5.26 Å². The van der Waals surface area contributed by atoms with Gasteiger partial charge < -0.3 is 4.74 Å². The maximum Gasteiger partial charge on any atom is 0.413 e. The zero-order chi connectivity index (χ0) is 18.1. The largest absolute Gasteiger partial charge is 0.447 e. The number of unbranched alkanes of at least 4 members (excludes halogenated alkanes) is 1. The number of rotatable bonds is 9. The Morgan fingerprint density at radius 1 is 1.28 bits per heavy atom. The van der Waals surface area contributed by atoms with Crippen molar-refractivity contribution in [2.45, 2.75) is 52.4 Å². The number of benzene rings is 1. The second-order valence-corrected chi connectivity index (χ2v) is 7.28. The molecule has 4 nitrogen and oxygen atoms in total. The van der Waals surface area contributed by atoms with Crippen molar-refractivity contribution in [3.8, 4) is 6.07 Å². The summed E-state index contributed by atoms with van der Waals surface area (Å²) in [6, 6.07) is 12.8. The van der Waals surface area contributed by atoms with Crippen LogP contribution in [0.5, 0.6) is 0 Å². The number of ether oxygens (including phenoxy) is 1. The molecule has 0 N–H and O–H groups in total. The van der Waals surface area contributed by atoms with Crippen molar-refractivity contribution in [2.75, 3.05) is 13.2 Å². The molecular formula is C21H28N2O2. The van der Waals surface area contributed by atoms with Gasteiger partial charge in [-0.25, -0.2) is 4.79 Å². The van der Waals surface area contributed by atoms with E-state index >= 15 is 0 Å². The van der Waals surface area contributed by atoms with Crippen LogP contribution in [0.4, 0.5) is 4.79 Å². The minimum atomic E-state index is -0.257. The molecule has 1 aliphatic rings. The summed E-state index contributed by atoms with van der Waals surface area (Å²) in [5.41, 5.74) is 2.33. The van der Waals surface area contributed by atoms with E-state index < -0.39 is 0 Å². The average molecular weight is 340 g/mol. The van der Waals surface area contributed by atoms with Gasteiger partial charge in [-0.3, -0.25) is 4.90 Å². The lowest BCUT2D eigenvalue weighted by Gasteiger charge is -2.16. The number of nitrogens with zero attached hydrogens (tertiary/aromatic N) is 2. The summed E-state index contributed by atoms with van der Waals surface area (Å²) in [6.07, 6.45) is 7.56. The highest BCUT2D eigenvalue weighted by Crippen LogP contribution is 2.24. The van der Waals surface area contributed by atoms with Gasteiger partial charge >= 0.3 is 6.09 Å². The van der Waals surface area contributed by atoms with Gasteiger partial charge in [0.05, 0.1) is 18.0 Å². The van der Waals surface area contributed by atoms with E-state index in [0.717, 1.165) is 38.5 Å². The topological polar surface area (TPSA) is 53.3 Å². The van der Waals surface area contributed by atoms with E-state index in [-0.39, 0.29) is 11.5 Å². The Morgan fingerprint density at radius 2 is 2.04 bits per heavy atom. The smallest absolute Gasteiger partial charge is 0.413 e. The van der Waals surface area contributed by atoms with Gasteiger partial charge in [-0.1, -0.05) is 42.3 Å². The molecule has 134 valence electrons. The fourth-order valence-electron chi connectivity index (χ4n) is 2.92. The lowest BCUT2D eigenvalue weighted by Crippen LogP contribution is -2.18. The van der Waals surface area contributed by atoms with Gasteiger partial charge in [0.1, 0.15) is 6.61 Å². The maximum atomic E-state index is 11.7. The monoisotopic (exact) mass is 340 g/mol. The molecule has 0 spiro atoms. The third-order valence-electron chi connectivity index (χ3n) is 4.56. The van der Waals surface area contributed by atoms with E-state index in [1.54, 1.807) is 4.90 Å². The molecule has 1 aromatic carbocycles. The summed E-state index contributed by atoms with van der Waals surface area (Å²) in [7, 11) is 0. The zero-order valence-electron chi connectivity index (χ0n) is 15.3. The summed E-state index contributed by atoms with van der Waals surface area (Å²) >= 11 is 0. The van der Waals surface area contributed by atoms with E-state index in [9.17, 15) is 4.79 Å². The van der Waals surface area contributed by atoms with Crippen molar-refractivity contribution in [3.63, 3.8) is 0 Å². The summed E-state index contributed by atoms with van der Waals surface area (Å²) in [6.45, 7) is 5.07. The summed E-state index contributed by atoms with van der Waals surface area (Å²) in [5.74, 6) is 0. The molecular weight excluding hydrogens is 312 g/mol. The Balaban J connectivity index is 1.91. The molecule has 25 heavy (non-hydrogen) atoms. The molecule has 2 rings (SSSR count). The molecule has 0 aromatic heterocycles. The Hall–Kier alpha value is -2.28. The molecule has 0 atom stereocenters. The molecule has 0 bridgehead atoms. The number of aryl methyl sites for hydroxylation is 1. The molecule has 1 fully saturated rings. The number of hydrogen-bond acceptors (Lipinski definition) is 3. The first-order chi connectivity index (χ1) is 12.0. The number of hydrogen-bond donors (Lipinski definition) is 0. The molecule has 1 aromatic rings. The summed E-state index contributed by atoms with van der Waals surface area (Å²) in [5, 5.41) is 9.11. The number of nitriles is 1. The van der Waals surface area contributed by atoms with Gasteiger partial charge in [0, 0.05) is 6.20 Å². The first kappa shape index (κ1) is 19.1. The standard InChI is InChI=1S/C21H28N2O2/c1-21(2,17-22)13-7-6-10-19(16-23-14-15-25-20(23)24)12-11-18-8-4-3-5-9-18/h3-5,8-9,16H,6-7,10-15H2,1-2H3/b19-16-. The summed E-state index contributed by atoms with van der Waals surface area (Å²) < 4.78 is 5.02. The van der Waals surface area contributed by atoms with Crippen LogP contribution in [0.2, 0.25) is 0 Å². The van der Waals surface area contributed by atoms with Crippen LogP contribution < -0.4 is 0 Å². The van der Waals surface area contributed by atoms with Crippen molar-refractivity contribution in [3.05, 3.63) is 47.7 Å². The van der Waals surface area contributed by atoms with Gasteiger partial charge in [-0.15, -0.1) is 0 Å². The molecule has 1 saturated heterocycles. The fourth-order valence-corrected chi connectivity index (χ4v) is 2.92. The van der Waals surface area contributed by atoms with Gasteiger partial charge in [-0.05, 0) is 51.5 Å². The van der Waals surface area contributed by atoms with Crippen LogP contribution in [0.1, 0.15) is 51.5 Å². The number of cyclic esters (lactones) is 1. The van der Waals surface area contributed by atoms with E-state index in [4.69, 9.17) is 10.00 Å². The zero-order valence-corrected chi connectivity index (χ0v) is 15.3. The lowest BCUT2D eigenvalue weighted by molar-refractivity contribution is 0.166. The van der Waals surface area contributed by atoms with Crippen molar-refractivity contribution in [1.29, 1.82) is 5.26 Å². The number of amides is 1.